The van der Waals surface area contributed by atoms with Gasteiger partial charge in [0.1, 0.15) is 6.54 Å². The minimum atomic E-state index is -2.16. The molecule has 1 amide bonds. The number of fused-ring (bicyclic) bond motifs is 3. The van der Waals surface area contributed by atoms with Crippen LogP contribution in [0.4, 0.5) is 0 Å². The molecule has 0 spiro atoms. The summed E-state index contributed by atoms with van der Waals surface area (Å²) in [6, 6.07) is 24.8. The van der Waals surface area contributed by atoms with E-state index >= 15 is 0 Å². The highest BCUT2D eigenvalue weighted by Crippen LogP contribution is 2.37. The van der Waals surface area contributed by atoms with Crippen LogP contribution in [-0.4, -0.2) is 48.6 Å². The number of quaternary nitrogens is 1. The number of hydrogen-bond acceptors (Lipinski definition) is 4. The predicted octanol–water partition coefficient (Wildman–Crippen LogP) is 3.41. The summed E-state index contributed by atoms with van der Waals surface area (Å²) in [6.45, 7) is 2.93. The van der Waals surface area contributed by atoms with E-state index in [4.69, 9.17) is 16.3 Å². The molecule has 2 bridgehead atoms. The second-order valence-corrected chi connectivity index (χ2v) is 10.6. The van der Waals surface area contributed by atoms with Crippen LogP contribution in [0.15, 0.2) is 84.9 Å². The number of halogens is 1. The van der Waals surface area contributed by atoms with Crippen LogP contribution in [0.25, 0.3) is 0 Å². The maximum absolute atomic E-state index is 14.2. The second kappa shape index (κ2) is 10.7. The van der Waals surface area contributed by atoms with Gasteiger partial charge in [-0.25, -0.2) is 0 Å². The van der Waals surface area contributed by atoms with E-state index in [1.54, 1.807) is 54.6 Å². The Labute approximate surface area is 222 Å². The summed E-state index contributed by atoms with van der Waals surface area (Å²) in [5.41, 5.74) is -0.577. The van der Waals surface area contributed by atoms with Crippen LogP contribution in [0, 0.1) is 5.92 Å². The maximum Gasteiger partial charge on any atom is 0.304 e. The van der Waals surface area contributed by atoms with Crippen molar-refractivity contribution in [2.45, 2.75) is 31.1 Å². The van der Waals surface area contributed by atoms with Crippen molar-refractivity contribution in [3.8, 4) is 0 Å². The lowest BCUT2D eigenvalue weighted by molar-refractivity contribution is -0.939. The summed E-state index contributed by atoms with van der Waals surface area (Å²) in [6.07, 6.45) is 1.32. The molecule has 7 heteroatoms. The van der Waals surface area contributed by atoms with Crippen molar-refractivity contribution in [3.05, 3.63) is 107 Å². The van der Waals surface area contributed by atoms with E-state index in [1.807, 2.05) is 30.3 Å². The van der Waals surface area contributed by atoms with E-state index < -0.39 is 17.7 Å². The highest BCUT2D eigenvalue weighted by molar-refractivity contribution is 6.31. The van der Waals surface area contributed by atoms with Crippen LogP contribution in [0.3, 0.4) is 0 Å². The normalized spacial score (nSPS) is 22.9. The molecule has 3 heterocycles. The number of hydrogen-bond donors (Lipinski definition) is 1. The molecule has 3 aromatic rings. The molecule has 0 saturated carbocycles. The van der Waals surface area contributed by atoms with Crippen LogP contribution in [-0.2, 0) is 26.5 Å². The van der Waals surface area contributed by atoms with Crippen LogP contribution in [0.1, 0.15) is 29.5 Å². The third kappa shape index (κ3) is 5.28. The topological polar surface area (TPSA) is 78.5 Å². The largest absolute Gasteiger partial charge is 0.834 e. The Morgan fingerprint density at radius 3 is 2.08 bits per heavy atom. The van der Waals surface area contributed by atoms with Crippen molar-refractivity contribution in [3.63, 3.8) is 0 Å². The number of nitrogens with zero attached hydrogens (tertiary/aromatic N) is 1. The molecule has 6 rings (SSSR count). The summed E-state index contributed by atoms with van der Waals surface area (Å²) in [4.78, 5) is 26.5. The molecule has 3 saturated heterocycles. The molecule has 3 aromatic carbocycles. The van der Waals surface area contributed by atoms with Gasteiger partial charge in [0.25, 0.3) is 5.91 Å². The lowest BCUT2D eigenvalue weighted by Crippen LogP contribution is -2.67. The van der Waals surface area contributed by atoms with Gasteiger partial charge < -0.3 is 19.6 Å². The zero-order valence-electron chi connectivity index (χ0n) is 20.6. The Bertz CT molecular complexity index is 1200. The smallest absolute Gasteiger partial charge is 0.304 e. The zero-order chi connectivity index (χ0) is 25.9. The van der Waals surface area contributed by atoms with Crippen molar-refractivity contribution in [1.82, 2.24) is 5.32 Å². The Morgan fingerprint density at radius 2 is 1.49 bits per heavy atom. The first-order valence-electron chi connectivity index (χ1n) is 12.8. The molecule has 1 atom stereocenters. The van der Waals surface area contributed by atoms with Gasteiger partial charge in [0.15, 0.2) is 12.6 Å². The summed E-state index contributed by atoms with van der Waals surface area (Å²) in [7, 11) is 0. The minimum absolute atomic E-state index is 0.0583. The summed E-state index contributed by atoms with van der Waals surface area (Å²) in [5, 5.41) is 17.8. The number of nitrogens with one attached hydrogen (secondary N) is 1. The van der Waals surface area contributed by atoms with Gasteiger partial charge in [-0.1, -0.05) is 90.5 Å². The Balaban J connectivity index is 1.29. The van der Waals surface area contributed by atoms with Gasteiger partial charge in [-0.05, 0) is 22.8 Å². The van der Waals surface area contributed by atoms with Gasteiger partial charge >= 0.3 is 5.97 Å². The molecule has 3 fully saturated rings. The molecule has 0 radical (unpaired) electrons. The number of carbonyl (C=O) groups excluding carboxylic acids is 2. The fraction of sp³-hybridized carbons (Fsp3) is 0.333. The molecule has 1 unspecified atom stereocenters. The molecule has 3 aliphatic rings. The average Bonchev–Trinajstić information content (AvgIpc) is 2.93. The summed E-state index contributed by atoms with van der Waals surface area (Å²) >= 11 is 6.22. The summed E-state index contributed by atoms with van der Waals surface area (Å²) in [5.74, 6) is -0.645. The predicted molar refractivity (Wildman–Crippen MR) is 139 cm³/mol. The molecule has 37 heavy (non-hydrogen) atoms. The highest BCUT2D eigenvalue weighted by atomic mass is 35.5. The molecule has 1 N–H and O–H groups in total. The molecule has 6 nitrogen and oxygen atoms in total. The maximum atomic E-state index is 14.2. The lowest BCUT2D eigenvalue weighted by Gasteiger charge is -2.52. The van der Waals surface area contributed by atoms with Crippen LogP contribution in [0.5, 0.6) is 0 Å². The fourth-order valence-electron chi connectivity index (χ4n) is 5.74. The average molecular weight is 519 g/mol. The first-order valence-corrected chi connectivity index (χ1v) is 13.2. The minimum Gasteiger partial charge on any atom is -0.834 e. The van der Waals surface area contributed by atoms with Gasteiger partial charge in [0.05, 0.1) is 13.1 Å². The van der Waals surface area contributed by atoms with Crippen molar-refractivity contribution in [2.75, 3.05) is 26.2 Å². The van der Waals surface area contributed by atoms with E-state index in [2.05, 4.69) is 5.32 Å². The number of benzene rings is 3. The standard InChI is InChI=1S/C30H31ClN2O4/c31-26-14-8-7-9-23(26)19-32-28(34)21-33-17-15-22(16-18-33)27(20-33)37-29(35)30(36,24-10-3-1-4-11-24)25-12-5-2-6-13-25/h1-14,22,27H,15-21H2,(H,32,34). The van der Waals surface area contributed by atoms with Gasteiger partial charge in [-0.15, -0.1) is 0 Å². The van der Waals surface area contributed by atoms with E-state index in [9.17, 15) is 14.7 Å². The third-order valence-electron chi connectivity index (χ3n) is 7.86. The molecular formula is C30H31ClN2O4. The Hall–Kier alpha value is -3.19. The fourth-order valence-corrected chi connectivity index (χ4v) is 5.94. The summed E-state index contributed by atoms with van der Waals surface area (Å²) < 4.78 is 6.60. The molecule has 0 aliphatic carbocycles. The molecular weight excluding hydrogens is 488 g/mol. The number of piperidine rings is 3. The monoisotopic (exact) mass is 518 g/mol. The number of rotatable bonds is 8. The van der Waals surface area contributed by atoms with Crippen molar-refractivity contribution < 1.29 is 23.9 Å². The van der Waals surface area contributed by atoms with Crippen LogP contribution < -0.4 is 10.4 Å². The van der Waals surface area contributed by atoms with Gasteiger partial charge in [0, 0.05) is 35.9 Å². The van der Waals surface area contributed by atoms with Crippen molar-refractivity contribution in [2.24, 2.45) is 5.92 Å². The van der Waals surface area contributed by atoms with Gasteiger partial charge in [0.2, 0.25) is 0 Å². The number of amides is 1. The zero-order valence-corrected chi connectivity index (χ0v) is 21.4. The molecule has 0 aromatic heterocycles. The number of ether oxygens (including phenoxy) is 1. The SMILES string of the molecule is O=C(C[N+]12CCC(CC1)C(OC(=O)C([O-])(c1ccccc1)c1ccccc1)C2)NCc1ccccc1Cl. The van der Waals surface area contributed by atoms with Gasteiger partial charge in [-0.3, -0.25) is 9.59 Å². The van der Waals surface area contributed by atoms with Crippen LogP contribution in [0.2, 0.25) is 5.02 Å². The quantitative estimate of drug-likeness (QED) is 0.366. The molecule has 3 aliphatic heterocycles. The number of esters is 1. The Kier molecular flexibility index (Phi) is 7.33. The van der Waals surface area contributed by atoms with E-state index in [-0.39, 0.29) is 11.8 Å². The van der Waals surface area contributed by atoms with Crippen LogP contribution >= 0.6 is 11.6 Å². The van der Waals surface area contributed by atoms with E-state index in [1.165, 1.54) is 0 Å². The van der Waals surface area contributed by atoms with E-state index in [0.29, 0.717) is 40.3 Å². The number of carbonyl (C=O) groups is 2. The highest BCUT2D eigenvalue weighted by Gasteiger charge is 2.49. The van der Waals surface area contributed by atoms with Crippen molar-refractivity contribution >= 4 is 23.5 Å². The second-order valence-electron chi connectivity index (χ2n) is 10.2. The first kappa shape index (κ1) is 25.5. The first-order chi connectivity index (χ1) is 17.9. The third-order valence-corrected chi connectivity index (χ3v) is 8.23. The lowest BCUT2D eigenvalue weighted by atomic mass is 9.82. The molecule has 192 valence electrons. The Morgan fingerprint density at radius 1 is 0.919 bits per heavy atom. The van der Waals surface area contributed by atoms with Crippen molar-refractivity contribution in [1.29, 1.82) is 0 Å². The van der Waals surface area contributed by atoms with E-state index in [0.717, 1.165) is 31.5 Å². The van der Waals surface area contributed by atoms with Gasteiger partial charge in [-0.2, -0.15) is 0 Å².